The molecule has 0 aliphatic heterocycles. The number of ether oxygens (including phenoxy) is 2. The summed E-state index contributed by atoms with van der Waals surface area (Å²) in [5.74, 6) is 0. The monoisotopic (exact) mass is 289 g/mol. The van der Waals surface area contributed by atoms with Crippen molar-refractivity contribution in [2.24, 2.45) is 0 Å². The molecule has 0 atom stereocenters. The van der Waals surface area contributed by atoms with Gasteiger partial charge in [0.05, 0.1) is 26.6 Å². The molecule has 1 aromatic rings. The second-order valence-corrected chi connectivity index (χ2v) is 4.99. The first-order valence-electron chi connectivity index (χ1n) is 7.44. The molecule has 1 aromatic carbocycles. The van der Waals surface area contributed by atoms with E-state index in [0.29, 0.717) is 26.6 Å². The Kier molecular flexibility index (Phi) is 9.46. The topological polar surface area (TPSA) is 21.7 Å². The van der Waals surface area contributed by atoms with E-state index in [1.54, 1.807) is 6.08 Å². The van der Waals surface area contributed by atoms with E-state index in [9.17, 15) is 0 Å². The first-order chi connectivity index (χ1) is 10.3. The van der Waals surface area contributed by atoms with Gasteiger partial charge in [0.25, 0.3) is 0 Å². The van der Waals surface area contributed by atoms with Crippen molar-refractivity contribution in [3.8, 4) is 0 Å². The molecule has 0 N–H and O–H groups in total. The molecule has 3 nitrogen and oxygen atoms in total. The SMILES string of the molecule is C=CCOCN(CC)C/C=C(\C)COCc1ccccc1. The van der Waals surface area contributed by atoms with Gasteiger partial charge in [0.1, 0.15) is 0 Å². The average molecular weight is 289 g/mol. The van der Waals surface area contributed by atoms with E-state index in [0.717, 1.165) is 13.1 Å². The second kappa shape index (κ2) is 11.3. The molecule has 0 aromatic heterocycles. The maximum atomic E-state index is 5.71. The van der Waals surface area contributed by atoms with Crippen LogP contribution in [0.15, 0.2) is 54.6 Å². The van der Waals surface area contributed by atoms with Crippen LogP contribution in [-0.2, 0) is 16.1 Å². The highest BCUT2D eigenvalue weighted by atomic mass is 16.5. The van der Waals surface area contributed by atoms with Crippen molar-refractivity contribution in [2.45, 2.75) is 20.5 Å². The third-order valence-electron chi connectivity index (χ3n) is 3.10. The highest BCUT2D eigenvalue weighted by Crippen LogP contribution is 2.03. The molecule has 0 heterocycles. The van der Waals surface area contributed by atoms with Crippen LogP contribution in [0.4, 0.5) is 0 Å². The lowest BCUT2D eigenvalue weighted by Crippen LogP contribution is -2.26. The molecule has 0 saturated heterocycles. The highest BCUT2D eigenvalue weighted by molar-refractivity contribution is 5.13. The van der Waals surface area contributed by atoms with Crippen molar-refractivity contribution >= 4 is 0 Å². The zero-order valence-electron chi connectivity index (χ0n) is 13.3. The Bertz CT molecular complexity index is 414. The van der Waals surface area contributed by atoms with Gasteiger partial charge in [-0.1, -0.05) is 55.0 Å². The molecule has 3 heteroatoms. The van der Waals surface area contributed by atoms with Crippen LogP contribution in [0.3, 0.4) is 0 Å². The first kappa shape index (κ1) is 17.6. The van der Waals surface area contributed by atoms with Gasteiger partial charge in [0.15, 0.2) is 0 Å². The lowest BCUT2D eigenvalue weighted by atomic mass is 10.2. The zero-order valence-corrected chi connectivity index (χ0v) is 13.3. The number of likely N-dealkylation sites (N-methyl/N-ethyl adjacent to an activating group) is 1. The van der Waals surface area contributed by atoms with Crippen molar-refractivity contribution in [3.05, 3.63) is 60.2 Å². The van der Waals surface area contributed by atoms with Gasteiger partial charge in [0.2, 0.25) is 0 Å². The summed E-state index contributed by atoms with van der Waals surface area (Å²) in [5, 5.41) is 0. The van der Waals surface area contributed by atoms with E-state index >= 15 is 0 Å². The lowest BCUT2D eigenvalue weighted by molar-refractivity contribution is 0.0538. The smallest absolute Gasteiger partial charge is 0.0997 e. The normalized spacial score (nSPS) is 11.9. The van der Waals surface area contributed by atoms with E-state index in [-0.39, 0.29) is 0 Å². The predicted octanol–water partition coefficient (Wildman–Crippen LogP) is 3.63. The molecular formula is C18H27NO2. The Labute approximate surface area is 128 Å². The minimum atomic E-state index is 0.597. The number of hydrogen-bond acceptors (Lipinski definition) is 3. The minimum Gasteiger partial charge on any atom is -0.372 e. The summed E-state index contributed by atoms with van der Waals surface area (Å²) in [7, 11) is 0. The third-order valence-corrected chi connectivity index (χ3v) is 3.10. The fraction of sp³-hybridized carbons (Fsp3) is 0.444. The largest absolute Gasteiger partial charge is 0.372 e. The highest BCUT2D eigenvalue weighted by Gasteiger charge is 2.00. The molecule has 0 amide bonds. The molecule has 0 saturated carbocycles. The van der Waals surface area contributed by atoms with Gasteiger partial charge in [0, 0.05) is 6.54 Å². The van der Waals surface area contributed by atoms with Crippen LogP contribution in [0.5, 0.6) is 0 Å². The molecule has 0 spiro atoms. The molecule has 0 aliphatic carbocycles. The summed E-state index contributed by atoms with van der Waals surface area (Å²) in [6.45, 7) is 12.3. The van der Waals surface area contributed by atoms with Crippen LogP contribution in [-0.4, -0.2) is 37.9 Å². The second-order valence-electron chi connectivity index (χ2n) is 4.99. The molecule has 0 radical (unpaired) electrons. The van der Waals surface area contributed by atoms with Crippen molar-refractivity contribution in [1.29, 1.82) is 0 Å². The van der Waals surface area contributed by atoms with Crippen LogP contribution in [0.25, 0.3) is 0 Å². The molecule has 0 fully saturated rings. The van der Waals surface area contributed by atoms with E-state index in [1.807, 2.05) is 18.2 Å². The standard InChI is InChI=1S/C18H27NO2/c1-4-13-20-16-19(5-2)12-11-17(3)14-21-15-18-9-7-6-8-10-18/h4,6-11H,1,5,12-16H2,2-3H3/b17-11+. The quantitative estimate of drug-likeness (QED) is 0.353. The molecule has 21 heavy (non-hydrogen) atoms. The van der Waals surface area contributed by atoms with Gasteiger partial charge in [-0.15, -0.1) is 6.58 Å². The fourth-order valence-corrected chi connectivity index (χ4v) is 1.79. The van der Waals surface area contributed by atoms with Crippen molar-refractivity contribution in [1.82, 2.24) is 4.90 Å². The van der Waals surface area contributed by atoms with E-state index in [4.69, 9.17) is 9.47 Å². The predicted molar refractivity (Wildman–Crippen MR) is 88.1 cm³/mol. The van der Waals surface area contributed by atoms with Gasteiger partial charge >= 0.3 is 0 Å². The molecule has 0 aliphatic rings. The van der Waals surface area contributed by atoms with Crippen LogP contribution >= 0.6 is 0 Å². The summed E-state index contributed by atoms with van der Waals surface area (Å²) in [6, 6.07) is 10.2. The number of nitrogens with zero attached hydrogens (tertiary/aromatic N) is 1. The summed E-state index contributed by atoms with van der Waals surface area (Å²) in [4.78, 5) is 2.23. The Morgan fingerprint density at radius 3 is 2.67 bits per heavy atom. The Balaban J connectivity index is 2.23. The molecule has 1 rings (SSSR count). The third kappa shape index (κ3) is 8.45. The number of benzene rings is 1. The van der Waals surface area contributed by atoms with Crippen LogP contribution in [0.2, 0.25) is 0 Å². The van der Waals surface area contributed by atoms with Gasteiger partial charge in [-0.25, -0.2) is 0 Å². The van der Waals surface area contributed by atoms with E-state index in [1.165, 1.54) is 11.1 Å². The first-order valence-corrected chi connectivity index (χ1v) is 7.44. The summed E-state index contributed by atoms with van der Waals surface area (Å²) < 4.78 is 11.2. The molecule has 0 bridgehead atoms. The minimum absolute atomic E-state index is 0.597. The summed E-state index contributed by atoms with van der Waals surface area (Å²) in [5.41, 5.74) is 2.45. The van der Waals surface area contributed by atoms with Crippen LogP contribution in [0.1, 0.15) is 19.4 Å². The van der Waals surface area contributed by atoms with Crippen molar-refractivity contribution in [3.63, 3.8) is 0 Å². The Morgan fingerprint density at radius 2 is 2.00 bits per heavy atom. The number of rotatable bonds is 11. The summed E-state index contributed by atoms with van der Waals surface area (Å²) >= 11 is 0. The van der Waals surface area contributed by atoms with E-state index < -0.39 is 0 Å². The number of hydrogen-bond donors (Lipinski definition) is 0. The summed E-state index contributed by atoms with van der Waals surface area (Å²) in [6.07, 6.45) is 3.97. The van der Waals surface area contributed by atoms with Gasteiger partial charge < -0.3 is 9.47 Å². The van der Waals surface area contributed by atoms with Crippen LogP contribution < -0.4 is 0 Å². The maximum Gasteiger partial charge on any atom is 0.0997 e. The lowest BCUT2D eigenvalue weighted by Gasteiger charge is -2.18. The Hall–Kier alpha value is -1.42. The maximum absolute atomic E-state index is 5.71. The Morgan fingerprint density at radius 1 is 1.24 bits per heavy atom. The zero-order chi connectivity index (χ0) is 15.3. The van der Waals surface area contributed by atoms with Gasteiger partial charge in [-0.05, 0) is 19.0 Å². The molecule has 0 unspecified atom stereocenters. The van der Waals surface area contributed by atoms with Crippen molar-refractivity contribution in [2.75, 3.05) is 33.0 Å². The average Bonchev–Trinajstić information content (AvgIpc) is 2.52. The van der Waals surface area contributed by atoms with Gasteiger partial charge in [-0.3, -0.25) is 4.90 Å². The fourth-order valence-electron chi connectivity index (χ4n) is 1.79. The van der Waals surface area contributed by atoms with Crippen LogP contribution in [0, 0.1) is 0 Å². The van der Waals surface area contributed by atoms with E-state index in [2.05, 4.69) is 43.5 Å². The molecule has 116 valence electrons. The molecular weight excluding hydrogens is 262 g/mol. The van der Waals surface area contributed by atoms with Crippen molar-refractivity contribution < 1.29 is 9.47 Å². The van der Waals surface area contributed by atoms with Gasteiger partial charge in [-0.2, -0.15) is 0 Å².